The van der Waals surface area contributed by atoms with Crippen LogP contribution in [0.4, 0.5) is 0 Å². The zero-order valence-corrected chi connectivity index (χ0v) is 19.3. The Morgan fingerprint density at radius 3 is 2.09 bits per heavy atom. The van der Waals surface area contributed by atoms with Crippen molar-refractivity contribution < 1.29 is 23.7 Å². The topological polar surface area (TPSA) is 54.0 Å². The molecule has 2 atom stereocenters. The Balaban J connectivity index is 0.000000286. The van der Waals surface area contributed by atoms with E-state index in [1.165, 1.54) is 5.56 Å². The maximum Gasteiger partial charge on any atom is 0.338 e. The summed E-state index contributed by atoms with van der Waals surface area (Å²) in [7, 11) is 1.70. The second kappa shape index (κ2) is 13.5. The molecule has 3 aromatic rings. The third-order valence-corrected chi connectivity index (χ3v) is 5.17. The summed E-state index contributed by atoms with van der Waals surface area (Å²) in [5, 5.41) is 0. The van der Waals surface area contributed by atoms with Crippen molar-refractivity contribution in [3.05, 3.63) is 107 Å². The Morgan fingerprint density at radius 1 is 0.879 bits per heavy atom. The van der Waals surface area contributed by atoms with E-state index >= 15 is 0 Å². The number of methoxy groups -OCH3 is 1. The van der Waals surface area contributed by atoms with Crippen LogP contribution in [0.3, 0.4) is 0 Å². The first-order valence-corrected chi connectivity index (χ1v) is 11.2. The van der Waals surface area contributed by atoms with E-state index in [0.29, 0.717) is 38.4 Å². The van der Waals surface area contributed by atoms with Crippen molar-refractivity contribution in [1.29, 1.82) is 0 Å². The highest BCUT2D eigenvalue weighted by atomic mass is 16.6. The average molecular weight is 449 g/mol. The van der Waals surface area contributed by atoms with Crippen LogP contribution in [-0.2, 0) is 32.2 Å². The number of benzene rings is 3. The highest BCUT2D eigenvalue weighted by Crippen LogP contribution is 2.19. The van der Waals surface area contributed by atoms with Crippen LogP contribution < -0.4 is 0 Å². The molecule has 0 aromatic heterocycles. The van der Waals surface area contributed by atoms with Gasteiger partial charge in [0.25, 0.3) is 0 Å². The first kappa shape index (κ1) is 24.6. The molecular weight excluding hydrogens is 416 g/mol. The van der Waals surface area contributed by atoms with Crippen molar-refractivity contribution in [2.45, 2.75) is 38.8 Å². The molecule has 0 radical (unpaired) electrons. The Bertz CT molecular complexity index is 941. The molecule has 174 valence electrons. The number of hydrogen-bond acceptors (Lipinski definition) is 5. The average Bonchev–Trinajstić information content (AvgIpc) is 3.28. The monoisotopic (exact) mass is 448 g/mol. The van der Waals surface area contributed by atoms with Gasteiger partial charge in [0.15, 0.2) is 0 Å². The van der Waals surface area contributed by atoms with Crippen molar-refractivity contribution in [3.63, 3.8) is 0 Å². The summed E-state index contributed by atoms with van der Waals surface area (Å²) in [5.41, 5.74) is 4.05. The molecule has 1 aliphatic rings. The molecule has 1 heterocycles. The van der Waals surface area contributed by atoms with Crippen molar-refractivity contribution in [2.24, 2.45) is 0 Å². The second-order valence-electron chi connectivity index (χ2n) is 8.00. The largest absolute Gasteiger partial charge is 0.456 e. The quantitative estimate of drug-likeness (QED) is 0.434. The molecule has 33 heavy (non-hydrogen) atoms. The van der Waals surface area contributed by atoms with Gasteiger partial charge in [-0.2, -0.15) is 0 Å². The van der Waals surface area contributed by atoms with Gasteiger partial charge in [-0.3, -0.25) is 0 Å². The van der Waals surface area contributed by atoms with Crippen LogP contribution >= 0.6 is 0 Å². The first-order chi connectivity index (χ1) is 16.1. The van der Waals surface area contributed by atoms with Gasteiger partial charge >= 0.3 is 5.97 Å². The highest BCUT2D eigenvalue weighted by Gasteiger charge is 2.28. The number of carbonyl (C=O) groups excluding carboxylic acids is 1. The molecule has 5 heteroatoms. The van der Waals surface area contributed by atoms with E-state index in [-0.39, 0.29) is 18.2 Å². The number of aryl methyl sites for hydroxylation is 1. The van der Waals surface area contributed by atoms with Crippen LogP contribution in [0.15, 0.2) is 84.9 Å². The lowest BCUT2D eigenvalue weighted by Gasteiger charge is -2.11. The minimum atomic E-state index is -0.297. The summed E-state index contributed by atoms with van der Waals surface area (Å²) in [4.78, 5) is 12.1. The Morgan fingerprint density at radius 2 is 1.48 bits per heavy atom. The van der Waals surface area contributed by atoms with Gasteiger partial charge in [0.1, 0.15) is 6.10 Å². The van der Waals surface area contributed by atoms with Gasteiger partial charge in [-0.25, -0.2) is 4.79 Å². The van der Waals surface area contributed by atoms with Crippen molar-refractivity contribution >= 4 is 5.97 Å². The molecule has 5 nitrogen and oxygen atoms in total. The summed E-state index contributed by atoms with van der Waals surface area (Å²) in [6.45, 7) is 4.19. The van der Waals surface area contributed by atoms with Crippen molar-refractivity contribution in [2.75, 3.05) is 20.3 Å². The van der Waals surface area contributed by atoms with Gasteiger partial charge in [-0.1, -0.05) is 78.4 Å². The molecule has 0 bridgehead atoms. The summed E-state index contributed by atoms with van der Waals surface area (Å²) in [5.74, 6) is -0.297. The molecular formula is C28H32O5. The van der Waals surface area contributed by atoms with Crippen LogP contribution in [0.1, 0.15) is 33.5 Å². The lowest BCUT2D eigenvalue weighted by Crippen LogP contribution is -2.19. The number of rotatable bonds is 8. The van der Waals surface area contributed by atoms with E-state index in [0.717, 1.165) is 11.1 Å². The Hall–Kier alpha value is -2.99. The standard InChI is InChI=1S/C20H22O4.C8H10O/c1-15-7-9-17(10-8-15)20(21)24-19-11-18(23-14-19)13-22-12-16-5-3-2-4-6-16;1-9-7-8-5-3-2-4-6-8/h2-10,18-19H,11-14H2,1H3;2-6H,7H2,1H3/t18-,19+;/m1./s1. The Labute approximate surface area is 196 Å². The predicted octanol–water partition coefficient (Wildman–Crippen LogP) is 5.36. The van der Waals surface area contributed by atoms with E-state index in [1.54, 1.807) is 19.2 Å². The number of hydrogen-bond donors (Lipinski definition) is 0. The fraction of sp³-hybridized carbons (Fsp3) is 0.321. The van der Waals surface area contributed by atoms with E-state index in [9.17, 15) is 4.79 Å². The zero-order chi connectivity index (χ0) is 23.3. The number of esters is 1. The fourth-order valence-electron chi connectivity index (χ4n) is 3.40. The van der Waals surface area contributed by atoms with Gasteiger partial charge in [-0.15, -0.1) is 0 Å². The molecule has 0 unspecified atom stereocenters. The summed E-state index contributed by atoms with van der Waals surface area (Å²) >= 11 is 0. The molecule has 1 fully saturated rings. The summed E-state index contributed by atoms with van der Waals surface area (Å²) < 4.78 is 21.8. The second-order valence-corrected chi connectivity index (χ2v) is 8.00. The molecule has 0 N–H and O–H groups in total. The molecule has 3 aromatic carbocycles. The zero-order valence-electron chi connectivity index (χ0n) is 19.3. The molecule has 0 saturated carbocycles. The van der Waals surface area contributed by atoms with Crippen molar-refractivity contribution in [3.8, 4) is 0 Å². The van der Waals surface area contributed by atoms with Crippen molar-refractivity contribution in [1.82, 2.24) is 0 Å². The molecule has 1 saturated heterocycles. The van der Waals surface area contributed by atoms with Gasteiger partial charge in [0, 0.05) is 13.5 Å². The van der Waals surface area contributed by atoms with E-state index in [1.807, 2.05) is 79.7 Å². The smallest absolute Gasteiger partial charge is 0.338 e. The Kier molecular flexibility index (Phi) is 10.1. The highest BCUT2D eigenvalue weighted by molar-refractivity contribution is 5.89. The number of ether oxygens (including phenoxy) is 4. The molecule has 0 amide bonds. The van der Waals surface area contributed by atoms with E-state index in [2.05, 4.69) is 0 Å². The molecule has 0 aliphatic carbocycles. The minimum absolute atomic E-state index is 0.0236. The fourth-order valence-corrected chi connectivity index (χ4v) is 3.40. The predicted molar refractivity (Wildman–Crippen MR) is 128 cm³/mol. The third-order valence-electron chi connectivity index (χ3n) is 5.17. The van der Waals surface area contributed by atoms with Crippen LogP contribution in [0, 0.1) is 6.92 Å². The van der Waals surface area contributed by atoms with E-state index in [4.69, 9.17) is 18.9 Å². The normalized spacial score (nSPS) is 17.2. The van der Waals surface area contributed by atoms with Gasteiger partial charge < -0.3 is 18.9 Å². The number of carbonyl (C=O) groups is 1. The molecule has 0 spiro atoms. The van der Waals surface area contributed by atoms with Gasteiger partial charge in [0.05, 0.1) is 38.1 Å². The minimum Gasteiger partial charge on any atom is -0.456 e. The van der Waals surface area contributed by atoms with Crippen LogP contribution in [0.2, 0.25) is 0 Å². The first-order valence-electron chi connectivity index (χ1n) is 11.2. The maximum absolute atomic E-state index is 12.1. The lowest BCUT2D eigenvalue weighted by atomic mass is 10.1. The third kappa shape index (κ3) is 8.81. The summed E-state index contributed by atoms with van der Waals surface area (Å²) in [6.07, 6.45) is 0.445. The van der Waals surface area contributed by atoms with Gasteiger partial charge in [0.2, 0.25) is 0 Å². The SMILES string of the molecule is COCc1ccccc1.Cc1ccc(C(=O)O[C@@H]2CO[C@@H](COCc3ccccc3)C2)cc1. The van der Waals surface area contributed by atoms with Crippen LogP contribution in [-0.4, -0.2) is 38.5 Å². The van der Waals surface area contributed by atoms with Gasteiger partial charge in [-0.05, 0) is 30.2 Å². The maximum atomic E-state index is 12.1. The van der Waals surface area contributed by atoms with Crippen LogP contribution in [0.5, 0.6) is 0 Å². The summed E-state index contributed by atoms with van der Waals surface area (Å²) in [6, 6.07) is 27.5. The molecule has 1 aliphatic heterocycles. The lowest BCUT2D eigenvalue weighted by molar-refractivity contribution is 0.00522. The van der Waals surface area contributed by atoms with E-state index < -0.39 is 0 Å². The van der Waals surface area contributed by atoms with Crippen LogP contribution in [0.25, 0.3) is 0 Å². The molecule has 4 rings (SSSR count).